The summed E-state index contributed by atoms with van der Waals surface area (Å²) in [6, 6.07) is 6.76. The van der Waals surface area contributed by atoms with Crippen molar-refractivity contribution in [2.75, 3.05) is 57.5 Å². The molecule has 0 aromatic heterocycles. The number of hydrogen-bond donors (Lipinski definition) is 4. The second-order valence-electron chi connectivity index (χ2n) is 12.8. The van der Waals surface area contributed by atoms with Gasteiger partial charge in [0.15, 0.2) is 0 Å². The minimum absolute atomic E-state index is 0.0160. The quantitative estimate of drug-likeness (QED) is 0.233. The van der Waals surface area contributed by atoms with Gasteiger partial charge in [-0.2, -0.15) is 0 Å². The lowest BCUT2D eigenvalue weighted by molar-refractivity contribution is -0.134. The minimum Gasteiger partial charge on any atom is -0.341 e. The number of halogens is 1. The highest BCUT2D eigenvalue weighted by Crippen LogP contribution is 2.28. The maximum absolute atomic E-state index is 14.0. The predicted octanol–water partition coefficient (Wildman–Crippen LogP) is 4.05. The average Bonchev–Trinajstić information content (AvgIpc) is 3.11. The largest absolute Gasteiger partial charge is 0.341 e. The van der Waals surface area contributed by atoms with E-state index >= 15 is 0 Å². The zero-order chi connectivity index (χ0) is 33.2. The van der Waals surface area contributed by atoms with Crippen molar-refractivity contribution >= 4 is 41.3 Å². The highest BCUT2D eigenvalue weighted by atomic mass is 35.5. The molecule has 3 saturated heterocycles. The lowest BCUT2D eigenvalue weighted by Crippen LogP contribution is -2.57. The van der Waals surface area contributed by atoms with Gasteiger partial charge in [-0.25, -0.2) is 14.4 Å². The number of hydrogen-bond acceptors (Lipinski definition) is 5. The number of rotatable bonds is 9. The predicted molar refractivity (Wildman–Crippen MR) is 183 cm³/mol. The summed E-state index contributed by atoms with van der Waals surface area (Å²) in [4.78, 5) is 60.3. The van der Waals surface area contributed by atoms with Crippen molar-refractivity contribution in [3.05, 3.63) is 53.8 Å². The summed E-state index contributed by atoms with van der Waals surface area (Å²) in [5.41, 5.74) is 2.65. The van der Waals surface area contributed by atoms with E-state index < -0.39 is 6.04 Å². The van der Waals surface area contributed by atoms with Crippen LogP contribution in [0, 0.1) is 0 Å². The topological polar surface area (TPSA) is 129 Å². The Morgan fingerprint density at radius 1 is 0.957 bits per heavy atom. The highest BCUT2D eigenvalue weighted by Gasteiger charge is 2.35. The summed E-state index contributed by atoms with van der Waals surface area (Å²) in [6.45, 7) is 5.07. The van der Waals surface area contributed by atoms with Gasteiger partial charge in [0, 0.05) is 76.0 Å². The van der Waals surface area contributed by atoms with Crippen LogP contribution < -0.4 is 21.3 Å². The van der Waals surface area contributed by atoms with Crippen LogP contribution in [-0.2, 0) is 11.3 Å². The molecule has 3 fully saturated rings. The lowest BCUT2D eigenvalue weighted by atomic mass is 9.98. The third-order valence-electron chi connectivity index (χ3n) is 9.85. The molecule has 0 spiro atoms. The van der Waals surface area contributed by atoms with Crippen molar-refractivity contribution in [1.82, 2.24) is 35.6 Å². The number of carbonyl (C=O) groups is 4. The second kappa shape index (κ2) is 16.9. The molecule has 12 nitrogen and oxygen atoms in total. The summed E-state index contributed by atoms with van der Waals surface area (Å²) in [7, 11) is 1.53. The monoisotopic (exact) mass is 668 g/mol. The van der Waals surface area contributed by atoms with Crippen LogP contribution in [0.2, 0.25) is 0 Å². The van der Waals surface area contributed by atoms with Gasteiger partial charge in [-0.05, 0) is 74.9 Å². The number of carbonyl (C=O) groups excluding carboxylic acids is 4. The highest BCUT2D eigenvalue weighted by molar-refractivity contribution is 6.19. The van der Waals surface area contributed by atoms with Crippen LogP contribution in [0.1, 0.15) is 56.9 Å². The first kappa shape index (κ1) is 34.6. The van der Waals surface area contributed by atoms with Crippen molar-refractivity contribution in [3.8, 4) is 0 Å². The summed E-state index contributed by atoms with van der Waals surface area (Å²) in [6.07, 6.45) is 12.1. The number of piperidine rings is 3. The number of nitrogens with one attached hydrogen (secondary N) is 4. The van der Waals surface area contributed by atoms with E-state index in [1.807, 2.05) is 34.1 Å². The fraction of sp³-hybridized carbons (Fsp3) is 0.588. The maximum Gasteiger partial charge on any atom is 0.322 e. The van der Waals surface area contributed by atoms with Crippen molar-refractivity contribution < 1.29 is 19.2 Å². The molecule has 0 radical (unpaired) electrons. The van der Waals surface area contributed by atoms with E-state index in [-0.39, 0.29) is 42.3 Å². The van der Waals surface area contributed by atoms with Gasteiger partial charge < -0.3 is 40.9 Å². The van der Waals surface area contributed by atoms with Crippen LogP contribution in [-0.4, -0.2) is 114 Å². The first-order valence-corrected chi connectivity index (χ1v) is 17.5. The SMILES string of the molecule is CNC(=O)N/C=C/C(=C\CCl)CC(NC(=O)N1CCC(N2Cc3ccccc3NC2=O)CC1)C(=O)N1CCC(N2CCCCC2)CC1. The Bertz CT molecular complexity index is 1320. The molecule has 1 aromatic carbocycles. The number of fused-ring (bicyclic) bond motifs is 1. The van der Waals surface area contributed by atoms with Crippen LogP contribution in [0.5, 0.6) is 0 Å². The molecular formula is C34H49ClN8O4. The lowest BCUT2D eigenvalue weighted by Gasteiger charge is -2.42. The third kappa shape index (κ3) is 9.19. The van der Waals surface area contributed by atoms with E-state index in [4.69, 9.17) is 11.6 Å². The number of amides is 7. The summed E-state index contributed by atoms with van der Waals surface area (Å²) in [5, 5.41) is 11.1. The Kier molecular flexibility index (Phi) is 12.4. The molecule has 47 heavy (non-hydrogen) atoms. The number of benzene rings is 1. The number of likely N-dealkylation sites (tertiary alicyclic amines) is 3. The fourth-order valence-corrected chi connectivity index (χ4v) is 7.34. The molecule has 5 rings (SSSR count). The van der Waals surface area contributed by atoms with Crippen LogP contribution in [0.25, 0.3) is 0 Å². The van der Waals surface area contributed by atoms with Crippen molar-refractivity contribution in [3.63, 3.8) is 0 Å². The van der Waals surface area contributed by atoms with E-state index in [1.165, 1.54) is 32.5 Å². The van der Waals surface area contributed by atoms with Gasteiger partial charge >= 0.3 is 18.1 Å². The fourth-order valence-electron chi connectivity index (χ4n) is 7.14. The molecule has 0 aliphatic carbocycles. The molecule has 4 N–H and O–H groups in total. The summed E-state index contributed by atoms with van der Waals surface area (Å²) >= 11 is 6.07. The van der Waals surface area contributed by atoms with E-state index in [2.05, 4.69) is 26.2 Å². The Morgan fingerprint density at radius 3 is 2.34 bits per heavy atom. The number of alkyl halides is 1. The molecule has 1 aromatic rings. The summed E-state index contributed by atoms with van der Waals surface area (Å²) in [5.74, 6) is 0.111. The number of allylic oxidation sites excluding steroid dienone is 2. The van der Waals surface area contributed by atoms with Gasteiger partial charge in [-0.1, -0.05) is 30.7 Å². The van der Waals surface area contributed by atoms with E-state index in [1.54, 1.807) is 17.1 Å². The van der Waals surface area contributed by atoms with Crippen molar-refractivity contribution in [2.45, 2.75) is 76.0 Å². The second-order valence-corrected chi connectivity index (χ2v) is 13.1. The number of urea groups is 3. The molecule has 1 atom stereocenters. The first-order valence-electron chi connectivity index (χ1n) is 17.0. The van der Waals surface area contributed by atoms with Gasteiger partial charge in [0.1, 0.15) is 6.04 Å². The van der Waals surface area contributed by atoms with E-state index in [0.29, 0.717) is 51.6 Å². The molecule has 4 aliphatic heterocycles. The maximum atomic E-state index is 14.0. The van der Waals surface area contributed by atoms with Crippen molar-refractivity contribution in [2.24, 2.45) is 0 Å². The van der Waals surface area contributed by atoms with Gasteiger partial charge in [-0.3, -0.25) is 4.79 Å². The smallest absolute Gasteiger partial charge is 0.322 e. The summed E-state index contributed by atoms with van der Waals surface area (Å²) < 4.78 is 0. The molecule has 13 heteroatoms. The number of nitrogens with zero attached hydrogens (tertiary/aromatic N) is 4. The normalized spacial score (nSPS) is 20.9. The molecule has 0 bridgehead atoms. The first-order chi connectivity index (χ1) is 22.9. The van der Waals surface area contributed by atoms with Crippen molar-refractivity contribution in [1.29, 1.82) is 0 Å². The van der Waals surface area contributed by atoms with Crippen LogP contribution in [0.15, 0.2) is 48.2 Å². The standard InChI is InChI=1S/C34H49ClN8O4/c1-36-32(45)37-16-10-25(9-15-35)23-30(31(44)41-19-11-27(12-20-41)40-17-5-2-6-18-40)39-33(46)42-21-13-28(14-22-42)43-24-26-7-3-4-8-29(26)38-34(43)47/h3-4,7-10,16,27-28,30H,2,5-6,11-15,17-24H2,1H3,(H,38,47)(H,39,46)(H2,36,37,45)/b16-10+,25-9+. The molecule has 4 heterocycles. The molecule has 1 unspecified atom stereocenters. The van der Waals surface area contributed by atoms with E-state index in [0.717, 1.165) is 42.8 Å². The molecule has 0 saturated carbocycles. The van der Waals surface area contributed by atoms with Gasteiger partial charge in [0.25, 0.3) is 0 Å². The zero-order valence-corrected chi connectivity index (χ0v) is 28.1. The Labute approximate surface area is 282 Å². The van der Waals surface area contributed by atoms with Crippen LogP contribution >= 0.6 is 11.6 Å². The Balaban J connectivity index is 1.22. The third-order valence-corrected chi connectivity index (χ3v) is 10.0. The molecule has 256 valence electrons. The molecule has 7 amide bonds. The average molecular weight is 669 g/mol. The minimum atomic E-state index is -0.796. The van der Waals surface area contributed by atoms with Crippen LogP contribution in [0.4, 0.5) is 20.1 Å². The Hall–Kier alpha value is -3.77. The molecular weight excluding hydrogens is 620 g/mol. The Morgan fingerprint density at radius 2 is 1.64 bits per heavy atom. The number of para-hydroxylation sites is 1. The van der Waals surface area contributed by atoms with Crippen LogP contribution in [0.3, 0.4) is 0 Å². The van der Waals surface area contributed by atoms with Gasteiger partial charge in [0.05, 0.1) is 0 Å². The van der Waals surface area contributed by atoms with E-state index in [9.17, 15) is 19.2 Å². The zero-order valence-electron chi connectivity index (χ0n) is 27.4. The number of anilines is 1. The molecule has 4 aliphatic rings. The van der Waals surface area contributed by atoms with Gasteiger partial charge in [-0.15, -0.1) is 11.6 Å². The van der Waals surface area contributed by atoms with Gasteiger partial charge in [0.2, 0.25) is 5.91 Å².